The second-order valence-electron chi connectivity index (χ2n) is 2.26. The van der Waals surface area contributed by atoms with Gasteiger partial charge in [-0.3, -0.25) is 4.99 Å². The summed E-state index contributed by atoms with van der Waals surface area (Å²) < 4.78 is 0. The molecule has 0 heterocycles. The summed E-state index contributed by atoms with van der Waals surface area (Å²) in [6.07, 6.45) is 1.47. The van der Waals surface area contributed by atoms with E-state index in [0.717, 1.165) is 0 Å². The fourth-order valence-electron chi connectivity index (χ4n) is 0.818. The number of rotatable bonds is 3. The van der Waals surface area contributed by atoms with E-state index in [9.17, 15) is 0 Å². The highest BCUT2D eigenvalue weighted by Gasteiger charge is 1.84. The van der Waals surface area contributed by atoms with E-state index >= 15 is 0 Å². The predicted octanol–water partition coefficient (Wildman–Crippen LogP) is 2.30. The van der Waals surface area contributed by atoms with Gasteiger partial charge in [0.05, 0.1) is 6.54 Å². The number of nitrogens with zero attached hydrogens (tertiary/aromatic N) is 3. The van der Waals surface area contributed by atoms with Gasteiger partial charge in [0.2, 0.25) is 0 Å². The smallest absolute Gasteiger partial charge is 0.132 e. The molecule has 12 heavy (non-hydrogen) atoms. The van der Waals surface area contributed by atoms with E-state index in [1.807, 2.05) is 30.3 Å². The molecule has 1 aromatic carbocycles. The summed E-state index contributed by atoms with van der Waals surface area (Å²) in [5, 5.41) is 7.16. The van der Waals surface area contributed by atoms with Crippen LogP contribution in [0.1, 0.15) is 5.56 Å². The van der Waals surface area contributed by atoms with Crippen LogP contribution in [-0.4, -0.2) is 13.4 Å². The molecule has 0 fully saturated rings. The Kier molecular flexibility index (Phi) is 3.71. The molecule has 0 aliphatic heterocycles. The molecule has 0 aromatic heterocycles. The van der Waals surface area contributed by atoms with Crippen LogP contribution in [-0.2, 0) is 6.54 Å². The van der Waals surface area contributed by atoms with Gasteiger partial charge in [0.25, 0.3) is 0 Å². The molecule has 0 aliphatic rings. The van der Waals surface area contributed by atoms with Gasteiger partial charge in [-0.1, -0.05) is 30.3 Å². The Morgan fingerprint density at radius 2 is 2.00 bits per heavy atom. The molecule has 3 heteroatoms. The van der Waals surface area contributed by atoms with Gasteiger partial charge in [0, 0.05) is 7.05 Å². The van der Waals surface area contributed by atoms with Gasteiger partial charge in [-0.05, 0) is 5.56 Å². The molecule has 0 radical (unpaired) electrons. The first kappa shape index (κ1) is 8.59. The van der Waals surface area contributed by atoms with Crippen LogP contribution in [0, 0.1) is 0 Å². The molecule has 0 atom stereocenters. The fourth-order valence-corrected chi connectivity index (χ4v) is 0.818. The minimum Gasteiger partial charge on any atom is -0.267 e. The SMILES string of the molecule is C/N=N\C=N/Cc1ccccc1. The van der Waals surface area contributed by atoms with Crippen LogP contribution >= 0.6 is 0 Å². The van der Waals surface area contributed by atoms with Crippen molar-refractivity contribution in [2.24, 2.45) is 15.2 Å². The van der Waals surface area contributed by atoms with Crippen molar-refractivity contribution in [2.75, 3.05) is 7.05 Å². The third-order valence-electron chi connectivity index (χ3n) is 1.37. The molecule has 0 saturated heterocycles. The Balaban J connectivity index is 2.43. The van der Waals surface area contributed by atoms with Crippen LogP contribution in [0.5, 0.6) is 0 Å². The third-order valence-corrected chi connectivity index (χ3v) is 1.37. The van der Waals surface area contributed by atoms with Gasteiger partial charge in [0.1, 0.15) is 6.34 Å². The molecule has 0 aliphatic carbocycles. The van der Waals surface area contributed by atoms with E-state index in [-0.39, 0.29) is 0 Å². The Morgan fingerprint density at radius 1 is 1.25 bits per heavy atom. The van der Waals surface area contributed by atoms with Gasteiger partial charge >= 0.3 is 0 Å². The van der Waals surface area contributed by atoms with Crippen LogP contribution < -0.4 is 0 Å². The second-order valence-corrected chi connectivity index (χ2v) is 2.26. The van der Waals surface area contributed by atoms with E-state index in [4.69, 9.17) is 0 Å². The average molecular weight is 161 g/mol. The van der Waals surface area contributed by atoms with E-state index in [2.05, 4.69) is 15.2 Å². The maximum absolute atomic E-state index is 4.05. The molecule has 0 bridgehead atoms. The standard InChI is InChI=1S/C9H11N3/c1-10-12-8-11-7-9-5-3-2-4-6-9/h2-6,8H,7H2,1H3/b11-8-,12-10-. The zero-order valence-electron chi connectivity index (χ0n) is 7.01. The number of azo groups is 1. The topological polar surface area (TPSA) is 37.1 Å². The molecule has 62 valence electrons. The summed E-state index contributed by atoms with van der Waals surface area (Å²) >= 11 is 0. The Bertz CT molecular complexity index is 264. The van der Waals surface area contributed by atoms with Crippen molar-refractivity contribution in [3.63, 3.8) is 0 Å². The van der Waals surface area contributed by atoms with Crippen LogP contribution in [0.3, 0.4) is 0 Å². The van der Waals surface area contributed by atoms with Crippen molar-refractivity contribution >= 4 is 6.34 Å². The molecule has 0 amide bonds. The van der Waals surface area contributed by atoms with Crippen molar-refractivity contribution < 1.29 is 0 Å². The normalized spacial score (nSPS) is 11.4. The number of hydrogen-bond acceptors (Lipinski definition) is 2. The summed E-state index contributed by atoms with van der Waals surface area (Å²) in [7, 11) is 1.62. The molecule has 0 unspecified atom stereocenters. The predicted molar refractivity (Wildman–Crippen MR) is 49.4 cm³/mol. The second kappa shape index (κ2) is 5.18. The molecule has 3 nitrogen and oxygen atoms in total. The van der Waals surface area contributed by atoms with Gasteiger partial charge in [-0.25, -0.2) is 0 Å². The third kappa shape index (κ3) is 3.05. The first-order chi connectivity index (χ1) is 5.93. The lowest BCUT2D eigenvalue weighted by molar-refractivity contribution is 1.06. The highest BCUT2D eigenvalue weighted by atomic mass is 15.1. The van der Waals surface area contributed by atoms with Crippen LogP contribution in [0.2, 0.25) is 0 Å². The highest BCUT2D eigenvalue weighted by molar-refractivity contribution is 5.54. The summed E-state index contributed by atoms with van der Waals surface area (Å²) in [6.45, 7) is 0.667. The van der Waals surface area contributed by atoms with E-state index in [0.29, 0.717) is 6.54 Å². The molecule has 0 spiro atoms. The lowest BCUT2D eigenvalue weighted by Gasteiger charge is -1.91. The summed E-state index contributed by atoms with van der Waals surface area (Å²) in [6, 6.07) is 10.0. The van der Waals surface area contributed by atoms with Gasteiger partial charge in [-0.15, -0.1) is 5.11 Å². The number of hydrogen-bond donors (Lipinski definition) is 0. The average Bonchev–Trinajstić information content (AvgIpc) is 2.14. The van der Waals surface area contributed by atoms with E-state index in [1.54, 1.807) is 7.05 Å². The number of benzene rings is 1. The van der Waals surface area contributed by atoms with Gasteiger partial charge in [0.15, 0.2) is 0 Å². The lowest BCUT2D eigenvalue weighted by atomic mass is 10.2. The highest BCUT2D eigenvalue weighted by Crippen LogP contribution is 1.98. The van der Waals surface area contributed by atoms with E-state index in [1.165, 1.54) is 11.9 Å². The van der Waals surface area contributed by atoms with Crippen molar-refractivity contribution in [2.45, 2.75) is 6.54 Å². The van der Waals surface area contributed by atoms with Gasteiger partial charge < -0.3 is 0 Å². The van der Waals surface area contributed by atoms with E-state index < -0.39 is 0 Å². The van der Waals surface area contributed by atoms with Crippen LogP contribution in [0.25, 0.3) is 0 Å². The number of aliphatic imine (C=N–C) groups is 1. The first-order valence-electron chi connectivity index (χ1n) is 3.74. The minimum atomic E-state index is 0.667. The van der Waals surface area contributed by atoms with Crippen LogP contribution in [0.15, 0.2) is 45.6 Å². The monoisotopic (exact) mass is 161 g/mol. The summed E-state index contributed by atoms with van der Waals surface area (Å²) in [4.78, 5) is 4.05. The van der Waals surface area contributed by atoms with Gasteiger partial charge in [-0.2, -0.15) is 5.11 Å². The molecular weight excluding hydrogens is 150 g/mol. The molecule has 0 N–H and O–H groups in total. The Hall–Kier alpha value is -1.51. The molecule has 0 saturated carbocycles. The Labute approximate surface area is 71.9 Å². The van der Waals surface area contributed by atoms with Crippen molar-refractivity contribution in [3.05, 3.63) is 35.9 Å². The fraction of sp³-hybridized carbons (Fsp3) is 0.222. The maximum Gasteiger partial charge on any atom is 0.132 e. The largest absolute Gasteiger partial charge is 0.267 e. The van der Waals surface area contributed by atoms with Crippen molar-refractivity contribution in [3.8, 4) is 0 Å². The van der Waals surface area contributed by atoms with Crippen molar-refractivity contribution in [1.82, 2.24) is 0 Å². The maximum atomic E-state index is 4.05. The minimum absolute atomic E-state index is 0.667. The lowest BCUT2D eigenvalue weighted by Crippen LogP contribution is -1.78. The summed E-state index contributed by atoms with van der Waals surface area (Å²) in [5.74, 6) is 0. The van der Waals surface area contributed by atoms with Crippen LogP contribution in [0.4, 0.5) is 0 Å². The molecule has 1 rings (SSSR count). The van der Waals surface area contributed by atoms with Crippen molar-refractivity contribution in [1.29, 1.82) is 0 Å². The quantitative estimate of drug-likeness (QED) is 0.370. The first-order valence-corrected chi connectivity index (χ1v) is 3.74. The zero-order valence-corrected chi connectivity index (χ0v) is 7.01. The Morgan fingerprint density at radius 3 is 2.67 bits per heavy atom. The summed E-state index contributed by atoms with van der Waals surface area (Å²) in [5.41, 5.74) is 1.18. The molecular formula is C9H11N3. The zero-order chi connectivity index (χ0) is 8.65. The molecule has 1 aromatic rings.